The van der Waals surface area contributed by atoms with Crippen LogP contribution in [-0.2, 0) is 63.3 Å². The maximum Gasteiger partial charge on any atom is 0.408 e. The van der Waals surface area contributed by atoms with Gasteiger partial charge in [0.2, 0.25) is 5.91 Å². The molecule has 362 valence electrons. The number of aryl methyl sites for hydroxylation is 1. The average Bonchev–Trinajstić information content (AvgIpc) is 3.61. The third-order valence-corrected chi connectivity index (χ3v) is 17.3. The highest BCUT2D eigenvalue weighted by Crippen LogP contribution is 2.46. The van der Waals surface area contributed by atoms with Crippen LogP contribution in [0.2, 0.25) is 51.4 Å². The molecule has 1 aromatic carbocycles. The van der Waals surface area contributed by atoms with Gasteiger partial charge in [-0.3, -0.25) is 14.4 Å². The minimum atomic E-state index is -2.03. The Labute approximate surface area is 392 Å². The van der Waals surface area contributed by atoms with E-state index in [0.29, 0.717) is 71.1 Å². The minimum absolute atomic E-state index is 0.0253. The number of rotatable bonds is 14. The van der Waals surface area contributed by atoms with E-state index in [1.807, 2.05) is 6.08 Å². The number of hydrogen-bond acceptors (Lipinski definition) is 12. The van der Waals surface area contributed by atoms with E-state index < -0.39 is 86.6 Å². The second-order valence-electron chi connectivity index (χ2n) is 21.3. The molecule has 2 aromatic heterocycles. The maximum absolute atomic E-state index is 15.5. The molecule has 5 atom stereocenters. The Morgan fingerprint density at radius 1 is 1.00 bits per heavy atom. The molecule has 3 aromatic rings. The molecule has 0 fully saturated rings. The van der Waals surface area contributed by atoms with Crippen LogP contribution >= 0.6 is 0 Å². The van der Waals surface area contributed by atoms with Crippen molar-refractivity contribution in [1.29, 1.82) is 0 Å². The van der Waals surface area contributed by atoms with Crippen molar-refractivity contribution in [2.45, 2.75) is 160 Å². The zero-order chi connectivity index (χ0) is 48.8. The molecule has 2 amide bonds. The second kappa shape index (κ2) is 19.1. The molecule has 4 heterocycles. The fraction of sp³-hybridized carbons (Fsp3) is 0.571. The highest BCUT2D eigenvalue weighted by Gasteiger charge is 2.46. The number of halogens is 1. The van der Waals surface area contributed by atoms with Gasteiger partial charge in [0, 0.05) is 44.1 Å². The largest absolute Gasteiger partial charge is 0.466 e. The summed E-state index contributed by atoms with van der Waals surface area (Å²) in [6.07, 6.45) is 4.15. The average molecular weight is 961 g/mol. The smallest absolute Gasteiger partial charge is 0.408 e. The van der Waals surface area contributed by atoms with Gasteiger partial charge >= 0.3 is 24.0 Å². The zero-order valence-corrected chi connectivity index (χ0v) is 42.2. The Kier molecular flexibility index (Phi) is 14.1. The fourth-order valence-corrected chi connectivity index (χ4v) is 10.9. The number of nitrogens with zero attached hydrogens (tertiary/aromatic N) is 2. The normalized spacial score (nSPS) is 23.1. The number of ether oxygens (including phenoxy) is 4. The summed E-state index contributed by atoms with van der Waals surface area (Å²) >= 11 is 0. The van der Waals surface area contributed by atoms with Gasteiger partial charge in [-0.15, -0.1) is 0 Å². The van der Waals surface area contributed by atoms with Crippen LogP contribution in [0.5, 0.6) is 0 Å². The number of pyridine rings is 2. The Hall–Kier alpha value is -5.21. The lowest BCUT2D eigenvalue weighted by molar-refractivity contribution is -0.172. The van der Waals surface area contributed by atoms with Gasteiger partial charge in [0.1, 0.15) is 24.6 Å². The van der Waals surface area contributed by atoms with E-state index in [1.165, 1.54) is 10.6 Å². The fourth-order valence-electron chi connectivity index (χ4n) is 9.45. The zero-order valence-electron chi connectivity index (χ0n) is 40.2. The quantitative estimate of drug-likeness (QED) is 0.0491. The van der Waals surface area contributed by atoms with Crippen molar-refractivity contribution in [1.82, 2.24) is 20.2 Å². The van der Waals surface area contributed by atoms with Crippen LogP contribution in [0.4, 0.5) is 9.18 Å². The van der Waals surface area contributed by atoms with Crippen LogP contribution in [0.15, 0.2) is 29.1 Å². The summed E-state index contributed by atoms with van der Waals surface area (Å²) in [4.78, 5) is 86.2. The SMILES string of the molecule is CC[C@@]1(O)C(=O)OCc2c1cc1n(c2=O)Cc2c-1nc1cc(F)c(C)c3c1c2[C@@H](NC(=O)O[C@H]1/C=C\CCC(C)(C(=O)N[C@@H](CC(=O)OCC[Si](C)(C)C)C(=O)OCC[Si](C)(C)C)CC1)CC3. The number of nitrogens with one attached hydrogen (secondary N) is 2. The van der Waals surface area contributed by atoms with Crippen LogP contribution < -0.4 is 16.2 Å². The van der Waals surface area contributed by atoms with Crippen molar-refractivity contribution in [3.05, 3.63) is 73.8 Å². The predicted octanol–water partition coefficient (Wildman–Crippen LogP) is 7.38. The molecular formula is C49H65FN4O11Si2. The monoisotopic (exact) mass is 960 g/mol. The molecule has 18 heteroatoms. The molecule has 0 spiro atoms. The molecule has 0 bridgehead atoms. The lowest BCUT2D eigenvalue weighted by Crippen LogP contribution is -2.49. The Morgan fingerprint density at radius 2 is 1.70 bits per heavy atom. The Bertz CT molecular complexity index is 2600. The predicted molar refractivity (Wildman–Crippen MR) is 254 cm³/mol. The first-order valence-corrected chi connectivity index (χ1v) is 30.9. The number of carbonyl (C=O) groups excluding carboxylic acids is 5. The van der Waals surface area contributed by atoms with Crippen molar-refractivity contribution in [2.75, 3.05) is 13.2 Å². The first-order valence-electron chi connectivity index (χ1n) is 23.5. The highest BCUT2D eigenvalue weighted by atomic mass is 28.3. The summed E-state index contributed by atoms with van der Waals surface area (Å²) in [5, 5.41) is 18.0. The standard InChI is InChI=1S/C49H65FN4O11Si2/c1-10-49(61)33-23-38-42-31(26-54(38)43(56)32(33)27-64-46(49)59)41-35(15-14-30-28(2)34(50)24-36(51-42)40(30)41)53-47(60)65-29-13-11-12-17-48(3,18-16-29)45(58)52-37(44(57)63-20-22-67(7,8)9)25-39(55)62-19-21-66(4,5)6/h11,13,23-24,29,35,37,61H,10,12,14-22,25-27H2,1-9H3,(H,52,58)(H,53,60)/b13-11-/t29-,35-,37-,48?,49-/m0/s1. The van der Waals surface area contributed by atoms with Crippen molar-refractivity contribution in [3.63, 3.8) is 0 Å². The number of benzene rings is 1. The third-order valence-electron chi connectivity index (χ3n) is 13.8. The first kappa shape index (κ1) is 49.7. The third kappa shape index (κ3) is 10.5. The molecule has 4 aliphatic rings. The summed E-state index contributed by atoms with van der Waals surface area (Å²) in [5.41, 5.74) is 0.524. The van der Waals surface area contributed by atoms with E-state index >= 15 is 4.39 Å². The summed E-state index contributed by atoms with van der Waals surface area (Å²) < 4.78 is 39.4. The number of esters is 3. The molecule has 67 heavy (non-hydrogen) atoms. The molecule has 15 nitrogen and oxygen atoms in total. The number of amides is 2. The van der Waals surface area contributed by atoms with Crippen LogP contribution in [-0.4, -0.2) is 86.1 Å². The van der Waals surface area contributed by atoms with Gasteiger partial charge in [-0.25, -0.2) is 23.8 Å². The van der Waals surface area contributed by atoms with Gasteiger partial charge < -0.3 is 39.3 Å². The van der Waals surface area contributed by atoms with E-state index in [0.717, 1.165) is 17.7 Å². The van der Waals surface area contributed by atoms with E-state index in [9.17, 15) is 33.9 Å². The van der Waals surface area contributed by atoms with Crippen LogP contribution in [0.3, 0.4) is 0 Å². The number of cyclic esters (lactones) is 1. The second-order valence-corrected chi connectivity index (χ2v) is 32.5. The molecule has 0 radical (unpaired) electrons. The summed E-state index contributed by atoms with van der Waals surface area (Å²) in [5.74, 6) is -2.98. The molecule has 2 aliphatic heterocycles. The number of alkyl carbamates (subject to hydrolysis) is 1. The number of carbonyl (C=O) groups is 5. The van der Waals surface area contributed by atoms with E-state index in [4.69, 9.17) is 23.9 Å². The Balaban J connectivity index is 1.08. The topological polar surface area (TPSA) is 201 Å². The number of aromatic nitrogens is 2. The molecule has 1 unspecified atom stereocenters. The van der Waals surface area contributed by atoms with E-state index in [2.05, 4.69) is 49.9 Å². The summed E-state index contributed by atoms with van der Waals surface area (Å²) in [6.45, 7) is 18.3. The Morgan fingerprint density at radius 3 is 2.39 bits per heavy atom. The number of hydrogen-bond donors (Lipinski definition) is 3. The van der Waals surface area contributed by atoms with Crippen LogP contribution in [0, 0.1) is 18.2 Å². The van der Waals surface area contributed by atoms with Gasteiger partial charge in [-0.2, -0.15) is 0 Å². The van der Waals surface area contributed by atoms with Crippen LogP contribution in [0.1, 0.15) is 98.2 Å². The minimum Gasteiger partial charge on any atom is -0.466 e. The number of allylic oxidation sites excluding steroid dienone is 1. The lowest BCUT2D eigenvalue weighted by atomic mass is 9.77. The van der Waals surface area contributed by atoms with Gasteiger partial charge in [-0.1, -0.05) is 59.2 Å². The van der Waals surface area contributed by atoms with Crippen LogP contribution in [0.25, 0.3) is 22.3 Å². The van der Waals surface area contributed by atoms with Crippen molar-refractivity contribution in [2.24, 2.45) is 5.41 Å². The van der Waals surface area contributed by atoms with Gasteiger partial charge in [-0.05, 0) is 92.8 Å². The number of aliphatic hydroxyl groups is 1. The van der Waals surface area contributed by atoms with Gasteiger partial charge in [0.25, 0.3) is 5.56 Å². The lowest BCUT2D eigenvalue weighted by Gasteiger charge is -2.33. The van der Waals surface area contributed by atoms with Gasteiger partial charge in [0.05, 0.1) is 54.7 Å². The molecular weight excluding hydrogens is 896 g/mol. The molecule has 7 rings (SSSR count). The highest BCUT2D eigenvalue weighted by molar-refractivity contribution is 6.76. The molecule has 0 saturated heterocycles. The molecule has 2 aliphatic carbocycles. The van der Waals surface area contributed by atoms with Crippen molar-refractivity contribution < 1.29 is 52.4 Å². The van der Waals surface area contributed by atoms with E-state index in [1.54, 1.807) is 32.9 Å². The van der Waals surface area contributed by atoms with Crippen molar-refractivity contribution in [3.8, 4) is 11.4 Å². The number of fused-ring (bicyclic) bond motifs is 5. The molecule has 0 saturated carbocycles. The first-order chi connectivity index (χ1) is 31.4. The maximum atomic E-state index is 15.5. The summed E-state index contributed by atoms with van der Waals surface area (Å²) in [7, 11) is -3.03. The van der Waals surface area contributed by atoms with Crippen molar-refractivity contribution >= 4 is 57.0 Å². The van der Waals surface area contributed by atoms with Gasteiger partial charge in [0.15, 0.2) is 5.60 Å². The molecule has 3 N–H and O–H groups in total. The van der Waals surface area contributed by atoms with E-state index in [-0.39, 0.29) is 56.8 Å². The summed E-state index contributed by atoms with van der Waals surface area (Å²) in [6, 6.07) is 2.58.